The van der Waals surface area contributed by atoms with E-state index in [1.165, 1.54) is 14.0 Å². The van der Waals surface area contributed by atoms with Crippen molar-refractivity contribution in [3.8, 4) is 0 Å². The largest absolute Gasteiger partial charge is 0.364 e. The summed E-state index contributed by atoms with van der Waals surface area (Å²) in [5, 5.41) is 5.62. The van der Waals surface area contributed by atoms with Gasteiger partial charge in [-0.3, -0.25) is 9.59 Å². The molecule has 5 nitrogen and oxygen atoms in total. The van der Waals surface area contributed by atoms with Gasteiger partial charge in [-0.15, -0.1) is 0 Å². The molecule has 126 valence electrons. The molecule has 1 atom stereocenters. The summed E-state index contributed by atoms with van der Waals surface area (Å²) in [5.74, 6) is -0.353. The Bertz CT molecular complexity index is 716. The lowest BCUT2D eigenvalue weighted by molar-refractivity contribution is -0.142. The van der Waals surface area contributed by atoms with Crippen molar-refractivity contribution in [3.05, 3.63) is 65.7 Å². The molecule has 1 unspecified atom stereocenters. The molecule has 0 radical (unpaired) electrons. The first-order valence-corrected chi connectivity index (χ1v) is 7.71. The summed E-state index contributed by atoms with van der Waals surface area (Å²) in [7, 11) is 1.52. The van der Waals surface area contributed by atoms with Crippen LogP contribution in [-0.4, -0.2) is 18.9 Å². The van der Waals surface area contributed by atoms with E-state index in [1.54, 1.807) is 13.0 Å². The first-order chi connectivity index (χ1) is 11.5. The zero-order chi connectivity index (χ0) is 17.6. The summed E-state index contributed by atoms with van der Waals surface area (Å²) < 4.78 is 5.48. The van der Waals surface area contributed by atoms with E-state index in [4.69, 9.17) is 4.74 Å². The Hall–Kier alpha value is -2.66. The van der Waals surface area contributed by atoms with Crippen LogP contribution in [-0.2, 0) is 26.5 Å². The Kier molecular flexibility index (Phi) is 5.71. The number of hydrogen-bond acceptors (Lipinski definition) is 3. The van der Waals surface area contributed by atoms with Crippen molar-refractivity contribution < 1.29 is 14.3 Å². The van der Waals surface area contributed by atoms with E-state index < -0.39 is 5.60 Å². The molecule has 0 spiro atoms. The number of rotatable bonds is 6. The summed E-state index contributed by atoms with van der Waals surface area (Å²) >= 11 is 0. The number of carbonyl (C=O) groups is 2. The van der Waals surface area contributed by atoms with Gasteiger partial charge in [0, 0.05) is 26.3 Å². The second kappa shape index (κ2) is 7.75. The topological polar surface area (TPSA) is 67.4 Å². The van der Waals surface area contributed by atoms with E-state index in [0.717, 1.165) is 11.1 Å². The molecule has 0 saturated carbocycles. The van der Waals surface area contributed by atoms with Crippen molar-refractivity contribution in [2.24, 2.45) is 0 Å². The van der Waals surface area contributed by atoms with Gasteiger partial charge in [0.1, 0.15) is 0 Å². The van der Waals surface area contributed by atoms with E-state index in [0.29, 0.717) is 12.2 Å². The lowest BCUT2D eigenvalue weighted by atomic mass is 9.94. The monoisotopic (exact) mass is 326 g/mol. The van der Waals surface area contributed by atoms with Crippen LogP contribution in [0.2, 0.25) is 0 Å². The average molecular weight is 326 g/mol. The standard InChI is InChI=1S/C19H22N2O3/c1-14(22)21-17-11-7-8-15(12-17)13-20-18(23)19(2,24-3)16-9-5-4-6-10-16/h4-12H,13H2,1-3H3,(H,20,23)(H,21,22). The first-order valence-electron chi connectivity index (χ1n) is 7.71. The molecule has 2 N–H and O–H groups in total. The maximum absolute atomic E-state index is 12.6. The molecule has 0 heterocycles. The van der Waals surface area contributed by atoms with Crippen LogP contribution in [0.3, 0.4) is 0 Å². The van der Waals surface area contributed by atoms with Crippen molar-refractivity contribution in [1.82, 2.24) is 5.32 Å². The van der Waals surface area contributed by atoms with Gasteiger partial charge in [-0.25, -0.2) is 0 Å². The van der Waals surface area contributed by atoms with Gasteiger partial charge in [0.05, 0.1) is 0 Å². The number of methoxy groups -OCH3 is 1. The summed E-state index contributed by atoms with van der Waals surface area (Å²) in [6, 6.07) is 16.7. The number of ether oxygens (including phenoxy) is 1. The van der Waals surface area contributed by atoms with E-state index in [9.17, 15) is 9.59 Å². The van der Waals surface area contributed by atoms with Crippen molar-refractivity contribution in [2.75, 3.05) is 12.4 Å². The van der Waals surface area contributed by atoms with Gasteiger partial charge in [0.25, 0.3) is 5.91 Å². The molecule has 24 heavy (non-hydrogen) atoms. The lowest BCUT2D eigenvalue weighted by Crippen LogP contribution is -2.43. The molecular formula is C19H22N2O3. The minimum atomic E-state index is -1.06. The van der Waals surface area contributed by atoms with Crippen molar-refractivity contribution in [2.45, 2.75) is 26.0 Å². The minimum absolute atomic E-state index is 0.132. The minimum Gasteiger partial charge on any atom is -0.364 e. The lowest BCUT2D eigenvalue weighted by Gasteiger charge is -2.27. The van der Waals surface area contributed by atoms with E-state index in [2.05, 4.69) is 10.6 Å². The quantitative estimate of drug-likeness (QED) is 0.858. The number of nitrogens with one attached hydrogen (secondary N) is 2. The summed E-state index contributed by atoms with van der Waals surface area (Å²) in [6.45, 7) is 3.54. The van der Waals surface area contributed by atoms with Crippen LogP contribution >= 0.6 is 0 Å². The van der Waals surface area contributed by atoms with Crippen molar-refractivity contribution in [1.29, 1.82) is 0 Å². The second-order valence-electron chi connectivity index (χ2n) is 5.67. The molecule has 0 saturated heterocycles. The Morgan fingerprint density at radius 3 is 2.42 bits per heavy atom. The van der Waals surface area contributed by atoms with Crippen LogP contribution < -0.4 is 10.6 Å². The highest BCUT2D eigenvalue weighted by Gasteiger charge is 2.34. The number of anilines is 1. The molecule has 0 aromatic heterocycles. The third-order valence-corrected chi connectivity index (χ3v) is 3.87. The summed E-state index contributed by atoms with van der Waals surface area (Å²) in [6.07, 6.45) is 0. The summed E-state index contributed by atoms with van der Waals surface area (Å²) in [4.78, 5) is 23.7. The highest BCUT2D eigenvalue weighted by molar-refractivity contribution is 5.89. The fraction of sp³-hybridized carbons (Fsp3) is 0.263. The first kappa shape index (κ1) is 17.7. The Balaban J connectivity index is 2.08. The maximum Gasteiger partial charge on any atom is 0.256 e. The Labute approximate surface area is 142 Å². The highest BCUT2D eigenvalue weighted by atomic mass is 16.5. The number of hydrogen-bond donors (Lipinski definition) is 2. The molecule has 2 rings (SSSR count). The van der Waals surface area contributed by atoms with Gasteiger partial charge in [0.15, 0.2) is 5.60 Å². The molecule has 2 aromatic carbocycles. The van der Waals surface area contributed by atoms with Gasteiger partial charge in [-0.2, -0.15) is 0 Å². The van der Waals surface area contributed by atoms with Gasteiger partial charge >= 0.3 is 0 Å². The van der Waals surface area contributed by atoms with Crippen LogP contribution in [0.5, 0.6) is 0 Å². The smallest absolute Gasteiger partial charge is 0.256 e. The average Bonchev–Trinajstić information content (AvgIpc) is 2.59. The number of amides is 2. The van der Waals surface area contributed by atoms with Crippen LogP contribution in [0.4, 0.5) is 5.69 Å². The molecule has 5 heteroatoms. The molecular weight excluding hydrogens is 304 g/mol. The Morgan fingerprint density at radius 1 is 1.08 bits per heavy atom. The third-order valence-electron chi connectivity index (χ3n) is 3.87. The molecule has 2 amide bonds. The maximum atomic E-state index is 12.6. The normalized spacial score (nSPS) is 13.0. The molecule has 0 bridgehead atoms. The Morgan fingerprint density at radius 2 is 1.79 bits per heavy atom. The van der Waals surface area contributed by atoms with Gasteiger partial charge in [0.2, 0.25) is 5.91 Å². The van der Waals surface area contributed by atoms with Gasteiger partial charge in [-0.1, -0.05) is 42.5 Å². The van der Waals surface area contributed by atoms with E-state index >= 15 is 0 Å². The van der Waals surface area contributed by atoms with Gasteiger partial charge in [-0.05, 0) is 30.2 Å². The molecule has 0 aliphatic rings. The second-order valence-corrected chi connectivity index (χ2v) is 5.67. The summed E-state index contributed by atoms with van der Waals surface area (Å²) in [5.41, 5.74) is 1.32. The zero-order valence-corrected chi connectivity index (χ0v) is 14.1. The van der Waals surface area contributed by atoms with Crippen LogP contribution in [0.15, 0.2) is 54.6 Å². The SMILES string of the molecule is COC(C)(C(=O)NCc1cccc(NC(C)=O)c1)c1ccccc1. The van der Waals surface area contributed by atoms with Crippen LogP contribution in [0, 0.1) is 0 Å². The van der Waals surface area contributed by atoms with Crippen molar-refractivity contribution >= 4 is 17.5 Å². The van der Waals surface area contributed by atoms with E-state index in [-0.39, 0.29) is 11.8 Å². The molecule has 0 aliphatic carbocycles. The molecule has 2 aromatic rings. The predicted molar refractivity (Wildman–Crippen MR) is 93.4 cm³/mol. The van der Waals surface area contributed by atoms with Gasteiger partial charge < -0.3 is 15.4 Å². The number of carbonyl (C=O) groups excluding carboxylic acids is 2. The highest BCUT2D eigenvalue weighted by Crippen LogP contribution is 2.24. The molecule has 0 fully saturated rings. The zero-order valence-electron chi connectivity index (χ0n) is 14.1. The fourth-order valence-electron chi connectivity index (χ4n) is 2.41. The third kappa shape index (κ3) is 4.20. The van der Waals surface area contributed by atoms with Crippen molar-refractivity contribution in [3.63, 3.8) is 0 Å². The van der Waals surface area contributed by atoms with E-state index in [1.807, 2.05) is 48.5 Å². The van der Waals surface area contributed by atoms with Crippen LogP contribution in [0.1, 0.15) is 25.0 Å². The molecule has 0 aliphatic heterocycles. The predicted octanol–water partition coefficient (Wildman–Crippen LogP) is 2.82. The number of benzene rings is 2. The van der Waals surface area contributed by atoms with Crippen LogP contribution in [0.25, 0.3) is 0 Å². The fourth-order valence-corrected chi connectivity index (χ4v) is 2.41.